The minimum atomic E-state index is 0.110. The van der Waals surface area contributed by atoms with Gasteiger partial charge in [-0.15, -0.1) is 6.58 Å². The summed E-state index contributed by atoms with van der Waals surface area (Å²) in [7, 11) is 2.00. The minimum absolute atomic E-state index is 0.110. The molecule has 0 radical (unpaired) electrons. The number of carbonyl (C=O) groups is 1. The van der Waals surface area contributed by atoms with Crippen LogP contribution in [0, 0.1) is 5.92 Å². The number of amides is 1. The van der Waals surface area contributed by atoms with Crippen LogP contribution < -0.4 is 10.6 Å². The van der Waals surface area contributed by atoms with Gasteiger partial charge in [0, 0.05) is 6.54 Å². The summed E-state index contributed by atoms with van der Waals surface area (Å²) in [5, 5.41) is 6.01. The van der Waals surface area contributed by atoms with Crippen LogP contribution in [-0.4, -0.2) is 50.6 Å². The summed E-state index contributed by atoms with van der Waals surface area (Å²) < 4.78 is 0. The summed E-state index contributed by atoms with van der Waals surface area (Å²) in [6, 6.07) is 0. The van der Waals surface area contributed by atoms with E-state index in [4.69, 9.17) is 0 Å². The molecule has 98 valence electrons. The van der Waals surface area contributed by atoms with Crippen LogP contribution in [0.1, 0.15) is 19.3 Å². The highest BCUT2D eigenvalue weighted by Crippen LogP contribution is 2.19. The number of hydrogen-bond acceptors (Lipinski definition) is 3. The van der Waals surface area contributed by atoms with Gasteiger partial charge < -0.3 is 10.6 Å². The van der Waals surface area contributed by atoms with E-state index >= 15 is 0 Å². The van der Waals surface area contributed by atoms with Crippen molar-refractivity contribution in [2.75, 3.05) is 39.8 Å². The van der Waals surface area contributed by atoms with Gasteiger partial charge in [-0.25, -0.2) is 0 Å². The van der Waals surface area contributed by atoms with Crippen LogP contribution in [0.2, 0.25) is 0 Å². The van der Waals surface area contributed by atoms with Crippen LogP contribution in [-0.2, 0) is 4.79 Å². The third-order valence-electron chi connectivity index (χ3n) is 3.32. The highest BCUT2D eigenvalue weighted by Gasteiger charge is 2.19. The van der Waals surface area contributed by atoms with Crippen molar-refractivity contribution in [1.82, 2.24) is 15.5 Å². The standard InChI is InChI=1S/C13H25N3O/c1-3-7-15-13(17)11-16-9-5-12(6-10-16)4-8-14-2/h3,12,14H,1,4-11H2,2H3,(H,15,17). The van der Waals surface area contributed by atoms with Gasteiger partial charge in [0.05, 0.1) is 6.54 Å². The maximum atomic E-state index is 11.5. The molecule has 0 spiro atoms. The molecule has 1 saturated heterocycles. The summed E-state index contributed by atoms with van der Waals surface area (Å²) in [5.41, 5.74) is 0. The Balaban J connectivity index is 2.13. The molecule has 2 N–H and O–H groups in total. The van der Waals surface area contributed by atoms with Crippen molar-refractivity contribution in [2.45, 2.75) is 19.3 Å². The molecule has 1 aliphatic heterocycles. The van der Waals surface area contributed by atoms with E-state index in [1.807, 2.05) is 7.05 Å². The average Bonchev–Trinajstić information content (AvgIpc) is 2.35. The zero-order valence-corrected chi connectivity index (χ0v) is 10.9. The molecular weight excluding hydrogens is 214 g/mol. The highest BCUT2D eigenvalue weighted by atomic mass is 16.2. The molecule has 1 fully saturated rings. The van der Waals surface area contributed by atoms with Crippen molar-refractivity contribution in [3.63, 3.8) is 0 Å². The summed E-state index contributed by atoms with van der Waals surface area (Å²) in [6.45, 7) is 7.89. The molecule has 1 rings (SSSR count). The van der Waals surface area contributed by atoms with Gasteiger partial charge in [-0.1, -0.05) is 6.08 Å². The third-order valence-corrected chi connectivity index (χ3v) is 3.32. The Kier molecular flexibility index (Phi) is 6.89. The largest absolute Gasteiger partial charge is 0.352 e. The van der Waals surface area contributed by atoms with Gasteiger partial charge in [-0.2, -0.15) is 0 Å². The van der Waals surface area contributed by atoms with E-state index in [0.29, 0.717) is 13.1 Å². The second kappa shape index (κ2) is 8.25. The van der Waals surface area contributed by atoms with E-state index in [1.165, 1.54) is 19.3 Å². The van der Waals surface area contributed by atoms with Crippen molar-refractivity contribution in [3.8, 4) is 0 Å². The van der Waals surface area contributed by atoms with Gasteiger partial charge in [-0.05, 0) is 51.9 Å². The Morgan fingerprint density at radius 1 is 1.47 bits per heavy atom. The van der Waals surface area contributed by atoms with Crippen molar-refractivity contribution < 1.29 is 4.79 Å². The topological polar surface area (TPSA) is 44.4 Å². The van der Waals surface area contributed by atoms with Crippen molar-refractivity contribution in [3.05, 3.63) is 12.7 Å². The first-order valence-corrected chi connectivity index (χ1v) is 6.50. The van der Waals surface area contributed by atoms with Crippen molar-refractivity contribution in [1.29, 1.82) is 0 Å². The molecule has 1 heterocycles. The van der Waals surface area contributed by atoms with Gasteiger partial charge in [0.1, 0.15) is 0 Å². The van der Waals surface area contributed by atoms with Crippen molar-refractivity contribution >= 4 is 5.91 Å². The zero-order chi connectivity index (χ0) is 12.5. The van der Waals surface area contributed by atoms with Crippen LogP contribution in [0.3, 0.4) is 0 Å². The highest BCUT2D eigenvalue weighted by molar-refractivity contribution is 5.78. The Hall–Kier alpha value is -0.870. The molecular formula is C13H25N3O. The Morgan fingerprint density at radius 2 is 2.18 bits per heavy atom. The summed E-state index contributed by atoms with van der Waals surface area (Å²) in [4.78, 5) is 13.8. The van der Waals surface area contributed by atoms with E-state index in [-0.39, 0.29) is 5.91 Å². The molecule has 1 aliphatic rings. The predicted octanol–water partition coefficient (Wildman–Crippen LogP) is 0.610. The summed E-state index contributed by atoms with van der Waals surface area (Å²) >= 11 is 0. The lowest BCUT2D eigenvalue weighted by Gasteiger charge is -2.31. The molecule has 4 nitrogen and oxygen atoms in total. The molecule has 4 heteroatoms. The lowest BCUT2D eigenvalue weighted by Crippen LogP contribution is -2.41. The first-order chi connectivity index (χ1) is 8.26. The molecule has 1 amide bonds. The van der Waals surface area contributed by atoms with Crippen LogP contribution in [0.5, 0.6) is 0 Å². The zero-order valence-electron chi connectivity index (χ0n) is 10.9. The number of hydrogen-bond donors (Lipinski definition) is 2. The second-order valence-corrected chi connectivity index (χ2v) is 4.70. The van der Waals surface area contributed by atoms with E-state index in [2.05, 4.69) is 22.1 Å². The normalized spacial score (nSPS) is 17.9. The van der Waals surface area contributed by atoms with Gasteiger partial charge in [0.25, 0.3) is 0 Å². The molecule has 0 aromatic rings. The fourth-order valence-corrected chi connectivity index (χ4v) is 2.23. The fraction of sp³-hybridized carbons (Fsp3) is 0.769. The molecule has 0 unspecified atom stereocenters. The average molecular weight is 239 g/mol. The van der Waals surface area contributed by atoms with Crippen LogP contribution in [0.15, 0.2) is 12.7 Å². The van der Waals surface area contributed by atoms with E-state index in [9.17, 15) is 4.79 Å². The summed E-state index contributed by atoms with van der Waals surface area (Å²) in [5.74, 6) is 0.938. The van der Waals surface area contributed by atoms with Crippen LogP contribution >= 0.6 is 0 Å². The van der Waals surface area contributed by atoms with E-state index in [1.54, 1.807) is 6.08 Å². The number of likely N-dealkylation sites (tertiary alicyclic amines) is 1. The number of nitrogens with one attached hydrogen (secondary N) is 2. The van der Waals surface area contributed by atoms with Gasteiger partial charge in [0.2, 0.25) is 5.91 Å². The summed E-state index contributed by atoms with van der Waals surface area (Å²) in [6.07, 6.45) is 5.40. The second-order valence-electron chi connectivity index (χ2n) is 4.70. The smallest absolute Gasteiger partial charge is 0.234 e. The Labute approximate surface area is 104 Å². The molecule has 0 aromatic carbocycles. The lowest BCUT2D eigenvalue weighted by atomic mass is 9.93. The Bertz CT molecular complexity index is 235. The van der Waals surface area contributed by atoms with Crippen LogP contribution in [0.4, 0.5) is 0 Å². The van der Waals surface area contributed by atoms with Gasteiger partial charge in [0.15, 0.2) is 0 Å². The fourth-order valence-electron chi connectivity index (χ4n) is 2.23. The minimum Gasteiger partial charge on any atom is -0.352 e. The maximum absolute atomic E-state index is 11.5. The number of piperidine rings is 1. The molecule has 0 saturated carbocycles. The first kappa shape index (κ1) is 14.2. The van der Waals surface area contributed by atoms with E-state index in [0.717, 1.165) is 25.6 Å². The molecule has 17 heavy (non-hydrogen) atoms. The number of carbonyl (C=O) groups excluding carboxylic acids is 1. The van der Waals surface area contributed by atoms with Crippen LogP contribution in [0.25, 0.3) is 0 Å². The predicted molar refractivity (Wildman–Crippen MR) is 70.9 cm³/mol. The molecule has 0 aliphatic carbocycles. The maximum Gasteiger partial charge on any atom is 0.234 e. The quantitative estimate of drug-likeness (QED) is 0.640. The van der Waals surface area contributed by atoms with Gasteiger partial charge >= 0.3 is 0 Å². The molecule has 0 atom stereocenters. The third kappa shape index (κ3) is 5.84. The Morgan fingerprint density at radius 3 is 2.76 bits per heavy atom. The van der Waals surface area contributed by atoms with Crippen molar-refractivity contribution in [2.24, 2.45) is 5.92 Å². The number of nitrogens with zero attached hydrogens (tertiary/aromatic N) is 1. The monoisotopic (exact) mass is 239 g/mol. The molecule has 0 bridgehead atoms. The SMILES string of the molecule is C=CCNC(=O)CN1CCC(CCNC)CC1. The molecule has 0 aromatic heterocycles. The van der Waals surface area contributed by atoms with Gasteiger partial charge in [-0.3, -0.25) is 9.69 Å². The first-order valence-electron chi connectivity index (χ1n) is 6.50. The lowest BCUT2D eigenvalue weighted by molar-refractivity contribution is -0.122. The van der Waals surface area contributed by atoms with E-state index < -0.39 is 0 Å². The number of rotatable bonds is 7.